The third kappa shape index (κ3) is 2.38. The number of rotatable bonds is 1. The zero-order valence-electron chi connectivity index (χ0n) is 13.3. The molecule has 0 spiro atoms. The van der Waals surface area contributed by atoms with Gasteiger partial charge in [-0.3, -0.25) is 9.48 Å². The minimum Gasteiger partial charge on any atom is -0.333 e. The predicted molar refractivity (Wildman–Crippen MR) is 92.9 cm³/mol. The summed E-state index contributed by atoms with van der Waals surface area (Å²) in [5, 5.41) is 14.3. The van der Waals surface area contributed by atoms with Crippen LogP contribution in [0.4, 0.5) is 0 Å². The molecule has 0 atom stereocenters. The lowest BCUT2D eigenvalue weighted by molar-refractivity contribution is 0.0747. The lowest BCUT2D eigenvalue weighted by atomic mass is 10.1. The van der Waals surface area contributed by atoms with Gasteiger partial charge in [-0.1, -0.05) is 18.2 Å². The van der Waals surface area contributed by atoms with Crippen LogP contribution in [0.2, 0.25) is 0 Å². The van der Waals surface area contributed by atoms with Gasteiger partial charge in [-0.2, -0.15) is 10.4 Å². The highest BCUT2D eigenvalue weighted by molar-refractivity contribution is 7.19. The molecule has 0 saturated heterocycles. The summed E-state index contributed by atoms with van der Waals surface area (Å²) in [6.45, 7) is 3.95. The molecule has 1 aliphatic rings. The number of hydrogen-bond acceptors (Lipinski definition) is 4. The van der Waals surface area contributed by atoms with Gasteiger partial charge in [0.05, 0.1) is 17.8 Å². The van der Waals surface area contributed by atoms with Gasteiger partial charge >= 0.3 is 0 Å². The zero-order valence-corrected chi connectivity index (χ0v) is 14.1. The highest BCUT2D eigenvalue weighted by Gasteiger charge is 2.25. The van der Waals surface area contributed by atoms with Crippen molar-refractivity contribution in [2.75, 3.05) is 6.54 Å². The fraction of sp³-hybridized carbons (Fsp3) is 0.278. The van der Waals surface area contributed by atoms with Crippen molar-refractivity contribution in [3.8, 4) is 6.07 Å². The number of aromatic nitrogens is 2. The van der Waals surface area contributed by atoms with E-state index in [2.05, 4.69) is 17.2 Å². The normalized spacial score (nSPS) is 14.2. The van der Waals surface area contributed by atoms with Crippen LogP contribution < -0.4 is 0 Å². The molecule has 24 heavy (non-hydrogen) atoms. The standard InChI is InChI=1S/C18H16N4OS/c1-12-17(15-5-2-3-6-16(15)24-12)18(23)21-7-4-8-22-14(11-21)9-13(10-19)20-22/h2-3,5-6,9H,4,7-8,11H2,1H3. The lowest BCUT2D eigenvalue weighted by Gasteiger charge is -2.20. The van der Waals surface area contributed by atoms with Crippen LogP contribution in [0.25, 0.3) is 10.1 Å². The van der Waals surface area contributed by atoms with Crippen molar-refractivity contribution < 1.29 is 4.79 Å². The molecule has 3 heterocycles. The van der Waals surface area contributed by atoms with Crippen LogP contribution in [0, 0.1) is 18.3 Å². The Bertz CT molecular complexity index is 979. The maximum atomic E-state index is 13.2. The van der Waals surface area contributed by atoms with E-state index in [1.165, 1.54) is 0 Å². The first kappa shape index (κ1) is 14.9. The first-order valence-electron chi connectivity index (χ1n) is 7.91. The van der Waals surface area contributed by atoms with Crippen LogP contribution in [0.15, 0.2) is 30.3 Å². The molecule has 0 aliphatic carbocycles. The molecule has 0 bridgehead atoms. The van der Waals surface area contributed by atoms with Crippen LogP contribution in [0.3, 0.4) is 0 Å². The smallest absolute Gasteiger partial charge is 0.255 e. The van der Waals surface area contributed by atoms with Gasteiger partial charge in [-0.25, -0.2) is 0 Å². The average Bonchev–Trinajstić information content (AvgIpc) is 3.06. The highest BCUT2D eigenvalue weighted by atomic mass is 32.1. The summed E-state index contributed by atoms with van der Waals surface area (Å²) in [6, 6.07) is 11.9. The first-order chi connectivity index (χ1) is 11.7. The molecule has 4 rings (SSSR count). The predicted octanol–water partition coefficient (Wildman–Crippen LogP) is 3.32. The Hall–Kier alpha value is -2.65. The van der Waals surface area contributed by atoms with Gasteiger partial charge in [0.25, 0.3) is 5.91 Å². The zero-order chi connectivity index (χ0) is 16.7. The molecular formula is C18H16N4OS. The van der Waals surface area contributed by atoms with Crippen molar-refractivity contribution in [2.45, 2.75) is 26.4 Å². The highest BCUT2D eigenvalue weighted by Crippen LogP contribution is 2.32. The number of hydrogen-bond donors (Lipinski definition) is 0. The topological polar surface area (TPSA) is 61.9 Å². The van der Waals surface area contributed by atoms with E-state index in [4.69, 9.17) is 5.26 Å². The second kappa shape index (κ2) is 5.77. The van der Waals surface area contributed by atoms with Gasteiger partial charge in [0.2, 0.25) is 0 Å². The Morgan fingerprint density at radius 2 is 2.17 bits per heavy atom. The van der Waals surface area contributed by atoms with Gasteiger partial charge in [0, 0.05) is 28.1 Å². The number of amides is 1. The number of thiophene rings is 1. The molecule has 0 fully saturated rings. The average molecular weight is 336 g/mol. The summed E-state index contributed by atoms with van der Waals surface area (Å²) in [5.74, 6) is 0.0677. The van der Waals surface area contributed by atoms with E-state index in [0.717, 1.165) is 39.2 Å². The second-order valence-corrected chi connectivity index (χ2v) is 7.22. The molecule has 0 N–H and O–H groups in total. The van der Waals surface area contributed by atoms with E-state index >= 15 is 0 Å². The quantitative estimate of drug-likeness (QED) is 0.685. The first-order valence-corrected chi connectivity index (χ1v) is 8.73. The lowest BCUT2D eigenvalue weighted by Crippen LogP contribution is -2.31. The molecule has 0 unspecified atom stereocenters. The Kier molecular flexibility index (Phi) is 3.58. The maximum Gasteiger partial charge on any atom is 0.255 e. The summed E-state index contributed by atoms with van der Waals surface area (Å²) in [5.41, 5.74) is 2.15. The molecule has 120 valence electrons. The van der Waals surface area contributed by atoms with Crippen LogP contribution in [-0.4, -0.2) is 27.1 Å². The van der Waals surface area contributed by atoms with E-state index in [9.17, 15) is 4.79 Å². The third-order valence-corrected chi connectivity index (χ3v) is 5.49. The number of benzene rings is 1. The fourth-order valence-electron chi connectivity index (χ4n) is 3.28. The Morgan fingerprint density at radius 1 is 1.33 bits per heavy atom. The van der Waals surface area contributed by atoms with Crippen molar-refractivity contribution in [3.63, 3.8) is 0 Å². The monoisotopic (exact) mass is 336 g/mol. The van der Waals surface area contributed by atoms with Crippen LogP contribution in [0.5, 0.6) is 0 Å². The molecule has 5 nitrogen and oxygen atoms in total. The molecule has 3 aromatic rings. The molecular weight excluding hydrogens is 320 g/mol. The summed E-state index contributed by atoms with van der Waals surface area (Å²) >= 11 is 1.66. The molecule has 1 aliphatic heterocycles. The SMILES string of the molecule is Cc1sc2ccccc2c1C(=O)N1CCCn2nc(C#N)cc2C1. The van der Waals surface area contributed by atoms with Crippen LogP contribution in [-0.2, 0) is 13.1 Å². The van der Waals surface area contributed by atoms with Crippen molar-refractivity contribution in [3.05, 3.63) is 52.2 Å². The molecule has 1 amide bonds. The maximum absolute atomic E-state index is 13.2. The second-order valence-electron chi connectivity index (χ2n) is 5.97. The number of aryl methyl sites for hydroxylation is 2. The fourth-order valence-corrected chi connectivity index (χ4v) is 4.34. The molecule has 2 aromatic heterocycles. The number of nitrogens with zero attached hydrogens (tertiary/aromatic N) is 4. The minimum absolute atomic E-state index is 0.0677. The van der Waals surface area contributed by atoms with Crippen LogP contribution in [0.1, 0.15) is 33.0 Å². The van der Waals surface area contributed by atoms with Gasteiger partial charge in [0.15, 0.2) is 5.69 Å². The van der Waals surface area contributed by atoms with E-state index < -0.39 is 0 Å². The molecule has 1 aromatic carbocycles. The Morgan fingerprint density at radius 3 is 3.00 bits per heavy atom. The Labute approximate surface area is 143 Å². The van der Waals surface area contributed by atoms with Crippen molar-refractivity contribution >= 4 is 27.3 Å². The summed E-state index contributed by atoms with van der Waals surface area (Å²) in [7, 11) is 0. The Balaban J connectivity index is 1.71. The number of carbonyl (C=O) groups is 1. The summed E-state index contributed by atoms with van der Waals surface area (Å²) in [4.78, 5) is 16.1. The number of fused-ring (bicyclic) bond motifs is 2. The van der Waals surface area contributed by atoms with Crippen molar-refractivity contribution in [1.82, 2.24) is 14.7 Å². The molecule has 0 saturated carbocycles. The largest absolute Gasteiger partial charge is 0.333 e. The van der Waals surface area contributed by atoms with E-state index in [1.54, 1.807) is 17.4 Å². The van der Waals surface area contributed by atoms with Gasteiger partial charge in [0.1, 0.15) is 6.07 Å². The van der Waals surface area contributed by atoms with E-state index in [-0.39, 0.29) is 5.91 Å². The number of carbonyl (C=O) groups excluding carboxylic acids is 1. The number of nitriles is 1. The third-order valence-electron chi connectivity index (χ3n) is 4.40. The van der Waals surface area contributed by atoms with Gasteiger partial charge < -0.3 is 4.90 Å². The van der Waals surface area contributed by atoms with Gasteiger partial charge in [-0.15, -0.1) is 11.3 Å². The van der Waals surface area contributed by atoms with E-state index in [1.807, 2.05) is 34.7 Å². The van der Waals surface area contributed by atoms with E-state index in [0.29, 0.717) is 18.8 Å². The molecule has 6 heteroatoms. The van der Waals surface area contributed by atoms with Crippen molar-refractivity contribution in [2.24, 2.45) is 0 Å². The summed E-state index contributed by atoms with van der Waals surface area (Å²) in [6.07, 6.45) is 0.840. The van der Waals surface area contributed by atoms with Crippen LogP contribution >= 0.6 is 11.3 Å². The van der Waals surface area contributed by atoms with Gasteiger partial charge in [-0.05, 0) is 25.5 Å². The molecule has 0 radical (unpaired) electrons. The van der Waals surface area contributed by atoms with Crippen molar-refractivity contribution in [1.29, 1.82) is 5.26 Å². The minimum atomic E-state index is 0.0677. The summed E-state index contributed by atoms with van der Waals surface area (Å²) < 4.78 is 3.00.